The zero-order valence-electron chi connectivity index (χ0n) is 6.61. The molecule has 0 heterocycles. The van der Waals surface area contributed by atoms with Gasteiger partial charge < -0.3 is 5.32 Å². The second-order valence-electron chi connectivity index (χ2n) is 2.91. The van der Waals surface area contributed by atoms with Crippen LogP contribution in [0.1, 0.15) is 32.6 Å². The van der Waals surface area contributed by atoms with Crippen LogP contribution in [-0.4, -0.2) is 6.54 Å². The van der Waals surface area contributed by atoms with Gasteiger partial charge in [0.1, 0.15) is 0 Å². The average molecular weight is 137 g/mol. The summed E-state index contributed by atoms with van der Waals surface area (Å²) < 4.78 is 0. The first kappa shape index (κ1) is 7.47. The number of nitrogens with one attached hydrogen (secondary N) is 1. The van der Waals surface area contributed by atoms with Crippen molar-refractivity contribution in [1.82, 2.24) is 5.32 Å². The number of hydrogen-bond donors (Lipinski definition) is 1. The van der Waals surface area contributed by atoms with Crippen molar-refractivity contribution in [3.63, 3.8) is 0 Å². The zero-order chi connectivity index (χ0) is 7.23. The highest BCUT2D eigenvalue weighted by atomic mass is 14.8. The molecule has 0 saturated heterocycles. The standard InChI is InChI=1S/C9H15N/c1-2-7-10-8-9-5-3-4-6-9/h9-10H,3-6,8H2,1H3. The van der Waals surface area contributed by atoms with Gasteiger partial charge in [0.25, 0.3) is 0 Å². The first-order valence-electron chi connectivity index (χ1n) is 4.08. The summed E-state index contributed by atoms with van der Waals surface area (Å²) in [7, 11) is 0. The Hall–Kier alpha value is -0.640. The van der Waals surface area contributed by atoms with Crippen LogP contribution in [-0.2, 0) is 0 Å². The van der Waals surface area contributed by atoms with Gasteiger partial charge in [-0.3, -0.25) is 0 Å². The van der Waals surface area contributed by atoms with Crippen LogP contribution in [0.5, 0.6) is 0 Å². The van der Waals surface area contributed by atoms with Crippen molar-refractivity contribution < 1.29 is 0 Å². The van der Waals surface area contributed by atoms with Gasteiger partial charge in [0.05, 0.1) is 0 Å². The Labute approximate surface area is 63.2 Å². The fraction of sp³-hybridized carbons (Fsp3) is 0.778. The molecular formula is C9H15N. The largest absolute Gasteiger partial charge is 0.346 e. The third-order valence-electron chi connectivity index (χ3n) is 2.08. The minimum absolute atomic E-state index is 0.904. The second-order valence-corrected chi connectivity index (χ2v) is 2.91. The van der Waals surface area contributed by atoms with Crippen LogP contribution in [0, 0.1) is 17.9 Å². The van der Waals surface area contributed by atoms with Crippen molar-refractivity contribution >= 4 is 0 Å². The molecule has 0 bridgehead atoms. The smallest absolute Gasteiger partial charge is 0.0257 e. The van der Waals surface area contributed by atoms with Crippen molar-refractivity contribution in [2.24, 2.45) is 5.92 Å². The van der Waals surface area contributed by atoms with E-state index in [1.165, 1.54) is 25.7 Å². The molecule has 1 rings (SSSR count). The molecule has 0 amide bonds. The first-order chi connectivity index (χ1) is 4.93. The lowest BCUT2D eigenvalue weighted by Gasteiger charge is -2.05. The van der Waals surface area contributed by atoms with Gasteiger partial charge in [-0.05, 0) is 25.7 Å². The Balaban J connectivity index is 2.05. The molecule has 1 aliphatic carbocycles. The molecule has 56 valence electrons. The Bertz CT molecular complexity index is 135. The van der Waals surface area contributed by atoms with Crippen LogP contribution in [0.15, 0.2) is 0 Å². The molecule has 0 radical (unpaired) electrons. The van der Waals surface area contributed by atoms with Gasteiger partial charge in [-0.2, -0.15) is 0 Å². The van der Waals surface area contributed by atoms with Gasteiger partial charge in [0.15, 0.2) is 0 Å². The van der Waals surface area contributed by atoms with Crippen molar-refractivity contribution in [2.45, 2.75) is 32.6 Å². The van der Waals surface area contributed by atoms with E-state index >= 15 is 0 Å². The van der Waals surface area contributed by atoms with Gasteiger partial charge in [0, 0.05) is 12.6 Å². The molecular weight excluding hydrogens is 122 g/mol. The lowest BCUT2D eigenvalue weighted by molar-refractivity contribution is 0.532. The predicted octanol–water partition coefficient (Wildman–Crippen LogP) is 1.75. The van der Waals surface area contributed by atoms with E-state index in [0.29, 0.717) is 0 Å². The molecule has 0 aliphatic heterocycles. The minimum atomic E-state index is 0.904. The summed E-state index contributed by atoms with van der Waals surface area (Å²) >= 11 is 0. The fourth-order valence-electron chi connectivity index (χ4n) is 1.50. The molecule has 1 fully saturated rings. The zero-order valence-corrected chi connectivity index (χ0v) is 6.61. The van der Waals surface area contributed by atoms with E-state index < -0.39 is 0 Å². The highest BCUT2D eigenvalue weighted by molar-refractivity contribution is 4.92. The molecule has 1 saturated carbocycles. The van der Waals surface area contributed by atoms with E-state index in [2.05, 4.69) is 17.3 Å². The van der Waals surface area contributed by atoms with Crippen molar-refractivity contribution in [3.8, 4) is 12.0 Å². The van der Waals surface area contributed by atoms with Crippen LogP contribution < -0.4 is 5.32 Å². The van der Waals surface area contributed by atoms with E-state index in [-0.39, 0.29) is 0 Å². The number of hydrogen-bond acceptors (Lipinski definition) is 1. The summed E-state index contributed by atoms with van der Waals surface area (Å²) in [6.07, 6.45) is 5.65. The Kier molecular flexibility index (Phi) is 3.15. The summed E-state index contributed by atoms with van der Waals surface area (Å²) in [4.78, 5) is 0. The monoisotopic (exact) mass is 137 g/mol. The van der Waals surface area contributed by atoms with Crippen LogP contribution in [0.4, 0.5) is 0 Å². The van der Waals surface area contributed by atoms with Crippen LogP contribution in [0.3, 0.4) is 0 Å². The Morgan fingerprint density at radius 1 is 1.40 bits per heavy atom. The highest BCUT2D eigenvalue weighted by Gasteiger charge is 2.13. The van der Waals surface area contributed by atoms with Gasteiger partial charge in [-0.1, -0.05) is 18.8 Å². The highest BCUT2D eigenvalue weighted by Crippen LogP contribution is 2.23. The maximum atomic E-state index is 3.12. The molecule has 0 spiro atoms. The van der Waals surface area contributed by atoms with Gasteiger partial charge in [0.2, 0.25) is 0 Å². The van der Waals surface area contributed by atoms with Crippen molar-refractivity contribution in [2.75, 3.05) is 6.54 Å². The third kappa shape index (κ3) is 2.31. The molecule has 0 atom stereocenters. The first-order valence-corrected chi connectivity index (χ1v) is 4.08. The molecule has 1 heteroatoms. The molecule has 0 aromatic heterocycles. The van der Waals surface area contributed by atoms with Crippen LogP contribution in [0.2, 0.25) is 0 Å². The summed E-state index contributed by atoms with van der Waals surface area (Å²) in [6, 6.07) is 2.88. The van der Waals surface area contributed by atoms with Gasteiger partial charge >= 0.3 is 0 Å². The van der Waals surface area contributed by atoms with E-state index in [1.54, 1.807) is 0 Å². The summed E-state index contributed by atoms with van der Waals surface area (Å²) in [5, 5.41) is 3.12. The maximum Gasteiger partial charge on any atom is 0.0257 e. The molecule has 0 aromatic carbocycles. The summed E-state index contributed by atoms with van der Waals surface area (Å²) in [5.41, 5.74) is 0. The Morgan fingerprint density at radius 3 is 2.70 bits per heavy atom. The Morgan fingerprint density at radius 2 is 2.10 bits per heavy atom. The molecule has 1 nitrogen and oxygen atoms in total. The van der Waals surface area contributed by atoms with Crippen molar-refractivity contribution in [1.29, 1.82) is 0 Å². The summed E-state index contributed by atoms with van der Waals surface area (Å²) in [5.74, 6) is 3.73. The predicted molar refractivity (Wildman–Crippen MR) is 43.4 cm³/mol. The van der Waals surface area contributed by atoms with Gasteiger partial charge in [-0.15, -0.1) is 0 Å². The average Bonchev–Trinajstić information content (AvgIpc) is 2.41. The van der Waals surface area contributed by atoms with Gasteiger partial charge in [-0.25, -0.2) is 0 Å². The second kappa shape index (κ2) is 4.22. The molecule has 0 unspecified atom stereocenters. The normalized spacial score (nSPS) is 18.1. The lowest BCUT2D eigenvalue weighted by Crippen LogP contribution is -2.15. The van der Waals surface area contributed by atoms with E-state index in [1.807, 2.05) is 6.92 Å². The van der Waals surface area contributed by atoms with Crippen LogP contribution in [0.25, 0.3) is 0 Å². The van der Waals surface area contributed by atoms with E-state index in [0.717, 1.165) is 12.5 Å². The third-order valence-corrected chi connectivity index (χ3v) is 2.08. The van der Waals surface area contributed by atoms with Crippen molar-refractivity contribution in [3.05, 3.63) is 0 Å². The number of rotatable bonds is 2. The quantitative estimate of drug-likeness (QED) is 0.451. The topological polar surface area (TPSA) is 12.0 Å². The lowest BCUT2D eigenvalue weighted by atomic mass is 10.1. The van der Waals surface area contributed by atoms with E-state index in [4.69, 9.17) is 0 Å². The minimum Gasteiger partial charge on any atom is -0.346 e. The SMILES string of the molecule is CC#CNCC1CCCC1. The molecule has 10 heavy (non-hydrogen) atoms. The summed E-state index contributed by atoms with van der Waals surface area (Å²) in [6.45, 7) is 2.96. The molecule has 1 aliphatic rings. The van der Waals surface area contributed by atoms with E-state index in [9.17, 15) is 0 Å². The van der Waals surface area contributed by atoms with Crippen LogP contribution >= 0.6 is 0 Å². The fourth-order valence-corrected chi connectivity index (χ4v) is 1.50. The molecule has 0 aromatic rings. The maximum absolute atomic E-state index is 3.12. The molecule has 1 N–H and O–H groups in total.